The molecule has 0 saturated carbocycles. The molecule has 4 atom stereocenters. The predicted molar refractivity (Wildman–Crippen MR) is 101 cm³/mol. The summed E-state index contributed by atoms with van der Waals surface area (Å²) >= 11 is 0. The van der Waals surface area contributed by atoms with Crippen LogP contribution in [-0.2, 0) is 11.3 Å². The first-order valence-corrected chi connectivity index (χ1v) is 9.85. The lowest BCUT2D eigenvalue weighted by molar-refractivity contribution is -0.142. The van der Waals surface area contributed by atoms with Crippen molar-refractivity contribution in [1.29, 1.82) is 0 Å². The monoisotopic (exact) mass is 355 g/mol. The van der Waals surface area contributed by atoms with Crippen LogP contribution in [0.1, 0.15) is 37.8 Å². The zero-order valence-electron chi connectivity index (χ0n) is 15.7. The van der Waals surface area contributed by atoms with Gasteiger partial charge < -0.3 is 4.90 Å². The largest absolute Gasteiger partial charge is 0.342 e. The van der Waals surface area contributed by atoms with Crippen molar-refractivity contribution in [2.24, 2.45) is 11.8 Å². The minimum Gasteiger partial charge on any atom is -0.342 e. The highest BCUT2D eigenvalue weighted by Crippen LogP contribution is 2.37. The fourth-order valence-corrected chi connectivity index (χ4v) is 4.83. The third kappa shape index (κ3) is 3.34. The molecule has 6 nitrogen and oxygen atoms in total. The number of amides is 1. The van der Waals surface area contributed by atoms with Gasteiger partial charge in [-0.25, -0.2) is 0 Å². The van der Waals surface area contributed by atoms with Gasteiger partial charge in [-0.3, -0.25) is 14.4 Å². The van der Waals surface area contributed by atoms with Gasteiger partial charge in [-0.1, -0.05) is 17.4 Å². The Morgan fingerprint density at radius 2 is 2.38 bits per heavy atom. The molecule has 4 heterocycles. The average molecular weight is 355 g/mol. The van der Waals surface area contributed by atoms with Crippen molar-refractivity contribution in [2.75, 3.05) is 26.7 Å². The van der Waals surface area contributed by atoms with Gasteiger partial charge in [0.15, 0.2) is 0 Å². The van der Waals surface area contributed by atoms with Crippen LogP contribution in [0.2, 0.25) is 0 Å². The normalized spacial score (nSPS) is 30.3. The quantitative estimate of drug-likeness (QED) is 0.734. The van der Waals surface area contributed by atoms with Crippen LogP contribution in [0.5, 0.6) is 0 Å². The Balaban J connectivity index is 1.39. The smallest absolute Gasteiger partial charge is 0.227 e. The molecule has 1 aromatic heterocycles. The molecule has 140 valence electrons. The number of likely N-dealkylation sites (N-methyl/N-ethyl adjacent to an activating group) is 1. The zero-order chi connectivity index (χ0) is 18.1. The van der Waals surface area contributed by atoms with E-state index in [1.54, 1.807) is 6.08 Å². The first-order chi connectivity index (χ1) is 12.7. The molecule has 5 rings (SSSR count). The molecule has 0 radical (unpaired) electrons. The second-order valence-electron chi connectivity index (χ2n) is 7.99. The first-order valence-electron chi connectivity index (χ1n) is 9.85. The Hall–Kier alpha value is -1.95. The van der Waals surface area contributed by atoms with E-state index in [2.05, 4.69) is 34.1 Å². The Bertz CT molecular complexity index is 709. The summed E-state index contributed by atoms with van der Waals surface area (Å²) in [6, 6.07) is 0.467. The van der Waals surface area contributed by atoms with Crippen molar-refractivity contribution >= 4 is 11.5 Å². The second kappa shape index (κ2) is 7.35. The van der Waals surface area contributed by atoms with Gasteiger partial charge in [0, 0.05) is 26.2 Å². The molecule has 3 saturated heterocycles. The standard InChI is InChI=1S/C20H29N5O/c1-3-9-23(2)20(26)18-13-24-10-8-16(18)11-17(24)12-25-14-19(21-22-25)15-6-4-5-7-15/h3,6,14,16-18H,1,4-5,7-13H2,2H3. The summed E-state index contributed by atoms with van der Waals surface area (Å²) in [6.45, 7) is 7.22. The van der Waals surface area contributed by atoms with Gasteiger partial charge in [0.05, 0.1) is 18.7 Å². The van der Waals surface area contributed by atoms with E-state index in [1.165, 1.54) is 12.0 Å². The van der Waals surface area contributed by atoms with Gasteiger partial charge in [-0.15, -0.1) is 11.7 Å². The van der Waals surface area contributed by atoms with Crippen LogP contribution in [0, 0.1) is 11.8 Å². The van der Waals surface area contributed by atoms with Crippen molar-refractivity contribution in [2.45, 2.75) is 44.7 Å². The Morgan fingerprint density at radius 1 is 1.50 bits per heavy atom. The number of carbonyl (C=O) groups is 1. The second-order valence-corrected chi connectivity index (χ2v) is 7.99. The number of hydrogen-bond acceptors (Lipinski definition) is 4. The van der Waals surface area contributed by atoms with Crippen LogP contribution in [0.4, 0.5) is 0 Å². The number of fused-ring (bicyclic) bond motifs is 3. The molecular formula is C20H29N5O. The van der Waals surface area contributed by atoms with Crippen LogP contribution in [-0.4, -0.2) is 63.4 Å². The van der Waals surface area contributed by atoms with E-state index >= 15 is 0 Å². The highest BCUT2D eigenvalue weighted by atomic mass is 16.2. The molecule has 4 unspecified atom stereocenters. The lowest BCUT2D eigenvalue weighted by Crippen LogP contribution is -2.58. The van der Waals surface area contributed by atoms with Crippen LogP contribution in [0.3, 0.4) is 0 Å². The van der Waals surface area contributed by atoms with Crippen LogP contribution in [0.15, 0.2) is 24.9 Å². The number of allylic oxidation sites excluding steroid dienone is 2. The first kappa shape index (κ1) is 17.5. The van der Waals surface area contributed by atoms with Gasteiger partial charge in [0.25, 0.3) is 0 Å². The maximum atomic E-state index is 12.7. The highest BCUT2D eigenvalue weighted by Gasteiger charge is 2.44. The van der Waals surface area contributed by atoms with E-state index in [9.17, 15) is 4.79 Å². The number of aromatic nitrogens is 3. The van der Waals surface area contributed by atoms with Crippen molar-refractivity contribution in [3.63, 3.8) is 0 Å². The molecule has 0 spiro atoms. The third-order valence-electron chi connectivity index (χ3n) is 6.28. The summed E-state index contributed by atoms with van der Waals surface area (Å²) in [5.74, 6) is 0.902. The van der Waals surface area contributed by atoms with Crippen molar-refractivity contribution in [3.05, 3.63) is 30.6 Å². The van der Waals surface area contributed by atoms with Gasteiger partial charge in [-0.2, -0.15) is 0 Å². The molecular weight excluding hydrogens is 326 g/mol. The van der Waals surface area contributed by atoms with Crippen LogP contribution < -0.4 is 0 Å². The maximum Gasteiger partial charge on any atom is 0.227 e. The fraction of sp³-hybridized carbons (Fsp3) is 0.650. The van der Waals surface area contributed by atoms with Gasteiger partial charge in [0.1, 0.15) is 5.69 Å². The molecule has 1 aliphatic carbocycles. The minimum absolute atomic E-state index is 0.139. The summed E-state index contributed by atoms with van der Waals surface area (Å²) in [4.78, 5) is 17.0. The van der Waals surface area contributed by atoms with Crippen LogP contribution >= 0.6 is 0 Å². The van der Waals surface area contributed by atoms with E-state index in [4.69, 9.17) is 0 Å². The van der Waals surface area contributed by atoms with Crippen molar-refractivity contribution < 1.29 is 4.79 Å². The van der Waals surface area contributed by atoms with E-state index in [0.29, 0.717) is 18.5 Å². The summed E-state index contributed by atoms with van der Waals surface area (Å²) in [5, 5.41) is 8.73. The molecule has 2 bridgehead atoms. The Morgan fingerprint density at radius 3 is 3.08 bits per heavy atom. The summed E-state index contributed by atoms with van der Waals surface area (Å²) in [5.41, 5.74) is 2.38. The van der Waals surface area contributed by atoms with Gasteiger partial charge >= 0.3 is 0 Å². The van der Waals surface area contributed by atoms with Gasteiger partial charge in [0.2, 0.25) is 5.91 Å². The number of piperidine rings is 3. The summed E-state index contributed by atoms with van der Waals surface area (Å²) in [6.07, 6.45) is 11.9. The molecule has 0 N–H and O–H groups in total. The Kier molecular flexibility index (Phi) is 4.94. The lowest BCUT2D eigenvalue weighted by atomic mass is 9.75. The Labute approximate surface area is 155 Å². The van der Waals surface area contributed by atoms with Crippen LogP contribution in [0.25, 0.3) is 5.57 Å². The van der Waals surface area contributed by atoms with Crippen molar-refractivity contribution in [1.82, 2.24) is 24.8 Å². The summed E-state index contributed by atoms with van der Waals surface area (Å²) < 4.78 is 2.00. The van der Waals surface area contributed by atoms with E-state index in [1.807, 2.05) is 16.6 Å². The van der Waals surface area contributed by atoms with E-state index in [0.717, 1.165) is 51.0 Å². The predicted octanol–water partition coefficient (Wildman–Crippen LogP) is 2.20. The SMILES string of the molecule is C=CCN(C)C(=O)C1CN2CCC1CC2Cn1cc(C2=CCCC2)nn1. The number of nitrogens with zero attached hydrogens (tertiary/aromatic N) is 5. The molecule has 0 aromatic carbocycles. The minimum atomic E-state index is 0.139. The number of hydrogen-bond donors (Lipinski definition) is 0. The molecule has 4 aliphatic rings. The number of carbonyl (C=O) groups excluding carboxylic acids is 1. The molecule has 6 heteroatoms. The van der Waals surface area contributed by atoms with Gasteiger partial charge in [-0.05, 0) is 50.1 Å². The molecule has 1 amide bonds. The fourth-order valence-electron chi connectivity index (χ4n) is 4.83. The van der Waals surface area contributed by atoms with Crippen molar-refractivity contribution in [3.8, 4) is 0 Å². The molecule has 26 heavy (non-hydrogen) atoms. The lowest BCUT2D eigenvalue weighted by Gasteiger charge is -2.49. The van der Waals surface area contributed by atoms with E-state index < -0.39 is 0 Å². The average Bonchev–Trinajstić information content (AvgIpc) is 3.33. The molecule has 3 fully saturated rings. The third-order valence-corrected chi connectivity index (χ3v) is 6.28. The molecule has 1 aromatic rings. The maximum absolute atomic E-state index is 12.7. The topological polar surface area (TPSA) is 54.3 Å². The van der Waals surface area contributed by atoms with E-state index in [-0.39, 0.29) is 11.8 Å². The number of rotatable bonds is 6. The zero-order valence-corrected chi connectivity index (χ0v) is 15.7. The summed E-state index contributed by atoms with van der Waals surface area (Å²) in [7, 11) is 1.88. The highest BCUT2D eigenvalue weighted by molar-refractivity contribution is 5.79. The molecule has 3 aliphatic heterocycles.